The number of piperidine rings is 1. The summed E-state index contributed by atoms with van der Waals surface area (Å²) in [6.07, 6.45) is -0.0428. The molecule has 0 N–H and O–H groups in total. The summed E-state index contributed by atoms with van der Waals surface area (Å²) in [6.45, 7) is 8.10. The third kappa shape index (κ3) is 4.45. The van der Waals surface area contributed by atoms with Crippen LogP contribution in [-0.4, -0.2) is 66.5 Å². The molecule has 0 aliphatic carbocycles. The Morgan fingerprint density at radius 1 is 1.06 bits per heavy atom. The van der Waals surface area contributed by atoms with Gasteiger partial charge in [-0.05, 0) is 62.3 Å². The van der Waals surface area contributed by atoms with Gasteiger partial charge < -0.3 is 14.4 Å². The maximum absolute atomic E-state index is 12.4. The first kappa shape index (κ1) is 21.6. The van der Waals surface area contributed by atoms with E-state index in [-0.39, 0.29) is 5.75 Å². The van der Waals surface area contributed by atoms with Crippen LogP contribution in [0.4, 0.5) is 19.0 Å². The van der Waals surface area contributed by atoms with Crippen LogP contribution in [0.2, 0.25) is 0 Å². The summed E-state index contributed by atoms with van der Waals surface area (Å²) in [5.41, 5.74) is 2.10. The lowest BCUT2D eigenvalue weighted by atomic mass is 9.71. The van der Waals surface area contributed by atoms with E-state index >= 15 is 0 Å². The number of aromatic nitrogens is 2. The molecule has 1 spiro atoms. The molecular formula is C23H29F3N4O2. The van der Waals surface area contributed by atoms with Gasteiger partial charge in [-0.25, -0.2) is 4.68 Å². The summed E-state index contributed by atoms with van der Waals surface area (Å²) >= 11 is 0. The summed E-state index contributed by atoms with van der Waals surface area (Å²) in [4.78, 5) is 4.97. The average molecular weight is 451 g/mol. The molecule has 0 unspecified atom stereocenters. The topological polar surface area (TPSA) is 42.8 Å². The average Bonchev–Trinajstić information content (AvgIpc) is 3.14. The Hall–Kier alpha value is -2.26. The number of hydrogen-bond donors (Lipinski definition) is 0. The molecule has 9 heteroatoms. The molecule has 0 amide bonds. The van der Waals surface area contributed by atoms with Gasteiger partial charge in [-0.1, -0.05) is 0 Å². The number of likely N-dealkylation sites (tertiary alicyclic amines) is 1. The summed E-state index contributed by atoms with van der Waals surface area (Å²) in [7, 11) is 0. The van der Waals surface area contributed by atoms with Gasteiger partial charge in [0.1, 0.15) is 5.75 Å². The SMILES string of the molecule is Cc1cc(N2CCC3(CC2)CN(C2CCOCC2)C3)nn1-c1ccc(OC(F)(F)F)cc1. The second-order valence-electron chi connectivity index (χ2n) is 9.33. The van der Waals surface area contributed by atoms with Gasteiger partial charge in [0.25, 0.3) is 0 Å². The Balaban J connectivity index is 1.19. The molecule has 32 heavy (non-hydrogen) atoms. The van der Waals surface area contributed by atoms with Crippen molar-refractivity contribution in [3.05, 3.63) is 36.0 Å². The number of rotatable bonds is 4. The van der Waals surface area contributed by atoms with E-state index in [1.807, 2.05) is 13.0 Å². The van der Waals surface area contributed by atoms with Crippen molar-refractivity contribution < 1.29 is 22.6 Å². The van der Waals surface area contributed by atoms with Gasteiger partial charge >= 0.3 is 6.36 Å². The van der Waals surface area contributed by atoms with Gasteiger partial charge in [0.15, 0.2) is 5.82 Å². The minimum Gasteiger partial charge on any atom is -0.406 e. The van der Waals surface area contributed by atoms with E-state index in [1.54, 1.807) is 16.8 Å². The lowest BCUT2D eigenvalue weighted by molar-refractivity contribution is -0.274. The van der Waals surface area contributed by atoms with E-state index in [4.69, 9.17) is 9.84 Å². The van der Waals surface area contributed by atoms with Crippen molar-refractivity contribution in [1.29, 1.82) is 0 Å². The summed E-state index contributed by atoms with van der Waals surface area (Å²) in [5, 5.41) is 4.74. The fourth-order valence-electron chi connectivity index (χ4n) is 5.31. The molecule has 5 rings (SSSR count). The zero-order valence-corrected chi connectivity index (χ0v) is 18.3. The first-order chi connectivity index (χ1) is 15.3. The zero-order valence-electron chi connectivity index (χ0n) is 18.3. The molecule has 0 radical (unpaired) electrons. The molecule has 3 aliphatic rings. The molecule has 2 aromatic rings. The van der Waals surface area contributed by atoms with E-state index < -0.39 is 6.36 Å². The fraction of sp³-hybridized carbons (Fsp3) is 0.609. The number of ether oxygens (including phenoxy) is 2. The number of alkyl halides is 3. The lowest BCUT2D eigenvalue weighted by Gasteiger charge is -2.57. The number of aryl methyl sites for hydroxylation is 1. The van der Waals surface area contributed by atoms with Gasteiger partial charge in [-0.2, -0.15) is 5.10 Å². The van der Waals surface area contributed by atoms with Crippen LogP contribution in [0.3, 0.4) is 0 Å². The highest BCUT2D eigenvalue weighted by Crippen LogP contribution is 2.43. The largest absolute Gasteiger partial charge is 0.573 e. The quantitative estimate of drug-likeness (QED) is 0.700. The standard InChI is InChI=1S/C23H29F3N4O2/c1-17-14-21(27-30(17)19-2-4-20(5-3-19)32-23(24,25)26)28-10-8-22(9-11-28)15-29(16-22)18-6-12-31-13-7-18/h2-5,14,18H,6-13,15-16H2,1H3. The van der Waals surface area contributed by atoms with Gasteiger partial charge in [0.05, 0.1) is 5.69 Å². The minimum atomic E-state index is -4.69. The van der Waals surface area contributed by atoms with Crippen molar-refractivity contribution >= 4 is 5.82 Å². The molecular weight excluding hydrogens is 421 g/mol. The number of halogens is 3. The molecule has 1 aromatic carbocycles. The Labute approximate surface area is 185 Å². The summed E-state index contributed by atoms with van der Waals surface area (Å²) in [6, 6.07) is 8.56. The Morgan fingerprint density at radius 3 is 2.34 bits per heavy atom. The van der Waals surface area contributed by atoms with E-state index in [9.17, 15) is 13.2 Å². The normalized spacial score (nSPS) is 22.2. The number of benzene rings is 1. The summed E-state index contributed by atoms with van der Waals surface area (Å²) < 4.78 is 48.4. The van der Waals surface area contributed by atoms with Crippen LogP contribution in [0.5, 0.6) is 5.75 Å². The molecule has 3 saturated heterocycles. The van der Waals surface area contributed by atoms with Crippen LogP contribution in [0.25, 0.3) is 5.69 Å². The second-order valence-corrected chi connectivity index (χ2v) is 9.33. The van der Waals surface area contributed by atoms with E-state index in [2.05, 4.69) is 14.5 Å². The maximum atomic E-state index is 12.4. The third-order valence-corrected chi connectivity index (χ3v) is 7.12. The predicted octanol–water partition coefficient (Wildman–Crippen LogP) is 4.16. The molecule has 0 atom stereocenters. The van der Waals surface area contributed by atoms with E-state index in [0.717, 1.165) is 50.7 Å². The monoisotopic (exact) mass is 450 g/mol. The zero-order chi connectivity index (χ0) is 22.3. The maximum Gasteiger partial charge on any atom is 0.573 e. The summed E-state index contributed by atoms with van der Waals surface area (Å²) in [5.74, 6) is 0.691. The van der Waals surface area contributed by atoms with Gasteiger partial charge in [-0.15, -0.1) is 13.2 Å². The molecule has 3 aliphatic heterocycles. The number of nitrogens with zero attached hydrogens (tertiary/aromatic N) is 4. The van der Waals surface area contributed by atoms with Crippen LogP contribution < -0.4 is 9.64 Å². The van der Waals surface area contributed by atoms with Crippen LogP contribution in [0.15, 0.2) is 30.3 Å². The minimum absolute atomic E-state index is 0.233. The van der Waals surface area contributed by atoms with Crippen molar-refractivity contribution in [1.82, 2.24) is 14.7 Å². The first-order valence-electron chi connectivity index (χ1n) is 11.3. The third-order valence-electron chi connectivity index (χ3n) is 7.12. The van der Waals surface area contributed by atoms with Crippen molar-refractivity contribution in [2.45, 2.75) is 45.0 Å². The number of anilines is 1. The van der Waals surface area contributed by atoms with Crippen LogP contribution >= 0.6 is 0 Å². The fourth-order valence-corrected chi connectivity index (χ4v) is 5.31. The highest BCUT2D eigenvalue weighted by Gasteiger charge is 2.47. The first-order valence-corrected chi connectivity index (χ1v) is 11.3. The molecule has 0 saturated carbocycles. The second kappa shape index (κ2) is 8.26. The Bertz CT molecular complexity index is 922. The lowest BCUT2D eigenvalue weighted by Crippen LogP contribution is -2.63. The Morgan fingerprint density at radius 2 is 1.72 bits per heavy atom. The Kier molecular flexibility index (Phi) is 5.57. The molecule has 0 bridgehead atoms. The van der Waals surface area contributed by atoms with E-state index in [1.165, 1.54) is 38.1 Å². The van der Waals surface area contributed by atoms with E-state index in [0.29, 0.717) is 17.1 Å². The van der Waals surface area contributed by atoms with Crippen molar-refractivity contribution in [2.24, 2.45) is 5.41 Å². The van der Waals surface area contributed by atoms with Crippen LogP contribution in [-0.2, 0) is 4.74 Å². The number of hydrogen-bond acceptors (Lipinski definition) is 5. The van der Waals surface area contributed by atoms with Crippen LogP contribution in [0, 0.1) is 12.3 Å². The smallest absolute Gasteiger partial charge is 0.406 e. The predicted molar refractivity (Wildman–Crippen MR) is 114 cm³/mol. The van der Waals surface area contributed by atoms with Gasteiger partial charge in [0, 0.05) is 57.2 Å². The van der Waals surface area contributed by atoms with Gasteiger partial charge in [-0.3, -0.25) is 4.90 Å². The highest BCUT2D eigenvalue weighted by molar-refractivity contribution is 5.45. The van der Waals surface area contributed by atoms with Crippen LogP contribution in [0.1, 0.15) is 31.4 Å². The van der Waals surface area contributed by atoms with Crippen molar-refractivity contribution in [3.63, 3.8) is 0 Å². The molecule has 3 fully saturated rings. The molecule has 1 aromatic heterocycles. The van der Waals surface area contributed by atoms with Crippen molar-refractivity contribution in [3.8, 4) is 11.4 Å². The molecule has 4 heterocycles. The van der Waals surface area contributed by atoms with Crippen molar-refractivity contribution in [2.75, 3.05) is 44.3 Å². The molecule has 6 nitrogen and oxygen atoms in total. The molecule has 174 valence electrons. The highest BCUT2D eigenvalue weighted by atomic mass is 19.4. The van der Waals surface area contributed by atoms with Gasteiger partial charge in [0.2, 0.25) is 0 Å².